The molecule has 0 heterocycles. The van der Waals surface area contributed by atoms with Gasteiger partial charge < -0.3 is 13.8 Å². The molecule has 0 spiro atoms. The minimum Gasteiger partial charge on any atom is -0.383 e. The van der Waals surface area contributed by atoms with Crippen LogP contribution in [0.5, 0.6) is 5.75 Å². The van der Waals surface area contributed by atoms with Gasteiger partial charge in [-0.15, -0.1) is 0 Å². The van der Waals surface area contributed by atoms with Crippen LogP contribution in [-0.2, 0) is 32.4 Å². The van der Waals surface area contributed by atoms with E-state index in [1.807, 2.05) is 30.3 Å². The van der Waals surface area contributed by atoms with Crippen LogP contribution in [-0.4, -0.2) is 39.5 Å². The molecule has 2 atom stereocenters. The van der Waals surface area contributed by atoms with Crippen LogP contribution in [0.25, 0.3) is 0 Å². The van der Waals surface area contributed by atoms with Crippen LogP contribution in [0.1, 0.15) is 29.0 Å². The second-order valence-electron chi connectivity index (χ2n) is 8.82. The fourth-order valence-corrected chi connectivity index (χ4v) is 5.13. The van der Waals surface area contributed by atoms with Gasteiger partial charge in [0.1, 0.15) is 10.6 Å². The molecular weight excluding hydrogens is 507 g/mol. The number of carbonyl (C=O) groups excluding carboxylic acids is 1. The lowest BCUT2D eigenvalue weighted by atomic mass is 10.1. The van der Waals surface area contributed by atoms with Gasteiger partial charge in [-0.3, -0.25) is 4.79 Å². The lowest BCUT2D eigenvalue weighted by Crippen LogP contribution is -2.34. The van der Waals surface area contributed by atoms with Crippen molar-refractivity contribution >= 4 is 16.0 Å². The highest BCUT2D eigenvalue weighted by Crippen LogP contribution is 2.48. The van der Waals surface area contributed by atoms with Crippen LogP contribution in [0.15, 0.2) is 83.8 Å². The van der Waals surface area contributed by atoms with E-state index in [9.17, 15) is 26.4 Å². The second kappa shape index (κ2) is 10.9. The summed E-state index contributed by atoms with van der Waals surface area (Å²) >= 11 is 0. The molecule has 1 fully saturated rings. The Morgan fingerprint density at radius 1 is 1.00 bits per heavy atom. The van der Waals surface area contributed by atoms with Crippen molar-refractivity contribution in [2.75, 3.05) is 20.3 Å². The standard InChI is InChI=1S/C27H26F3NO5S/c1-35-14-13-31(26(32)25-17-24(25)20-8-3-2-4-9-20)18-19-7-5-11-22(15-19)36-37(33,34)23-12-6-10-21(16-23)27(28,29)30/h2-12,15-16,24-25H,13-14,17-18H2,1H3. The van der Waals surface area contributed by atoms with Crippen molar-refractivity contribution in [2.45, 2.75) is 30.0 Å². The molecule has 10 heteroatoms. The Bertz CT molecular complexity index is 1350. The number of amides is 1. The summed E-state index contributed by atoms with van der Waals surface area (Å²) in [4.78, 5) is 14.3. The maximum absolute atomic E-state index is 13.3. The molecule has 1 amide bonds. The zero-order chi connectivity index (χ0) is 26.6. The van der Waals surface area contributed by atoms with Gasteiger partial charge in [-0.25, -0.2) is 0 Å². The van der Waals surface area contributed by atoms with Gasteiger partial charge in [0.25, 0.3) is 0 Å². The summed E-state index contributed by atoms with van der Waals surface area (Å²) in [6.45, 7) is 0.872. The third-order valence-electron chi connectivity index (χ3n) is 6.14. The molecule has 0 aromatic heterocycles. The number of hydrogen-bond acceptors (Lipinski definition) is 5. The van der Waals surface area contributed by atoms with Crippen molar-refractivity contribution in [1.29, 1.82) is 0 Å². The van der Waals surface area contributed by atoms with Gasteiger partial charge >= 0.3 is 16.3 Å². The van der Waals surface area contributed by atoms with E-state index in [4.69, 9.17) is 8.92 Å². The summed E-state index contributed by atoms with van der Waals surface area (Å²) in [5, 5.41) is 0. The number of benzene rings is 3. The van der Waals surface area contributed by atoms with Gasteiger partial charge in [0.15, 0.2) is 0 Å². The molecule has 3 aromatic carbocycles. The van der Waals surface area contributed by atoms with E-state index in [0.717, 1.165) is 30.2 Å². The van der Waals surface area contributed by atoms with E-state index in [-0.39, 0.29) is 30.0 Å². The maximum Gasteiger partial charge on any atom is 0.416 e. The van der Waals surface area contributed by atoms with Crippen LogP contribution in [0.3, 0.4) is 0 Å². The van der Waals surface area contributed by atoms with Crippen molar-refractivity contribution in [1.82, 2.24) is 4.90 Å². The monoisotopic (exact) mass is 533 g/mol. The molecule has 1 saturated carbocycles. The number of alkyl halides is 3. The van der Waals surface area contributed by atoms with E-state index < -0.39 is 26.8 Å². The largest absolute Gasteiger partial charge is 0.416 e. The lowest BCUT2D eigenvalue weighted by Gasteiger charge is -2.23. The van der Waals surface area contributed by atoms with Gasteiger partial charge in [-0.1, -0.05) is 48.5 Å². The summed E-state index contributed by atoms with van der Waals surface area (Å²) in [6, 6.07) is 19.3. The van der Waals surface area contributed by atoms with E-state index >= 15 is 0 Å². The fraction of sp³-hybridized carbons (Fsp3) is 0.296. The van der Waals surface area contributed by atoms with E-state index in [0.29, 0.717) is 24.8 Å². The number of ether oxygens (including phenoxy) is 1. The molecule has 0 bridgehead atoms. The zero-order valence-corrected chi connectivity index (χ0v) is 20.8. The van der Waals surface area contributed by atoms with Gasteiger partial charge in [0.05, 0.1) is 12.2 Å². The normalized spacial score (nSPS) is 17.3. The first-order valence-electron chi connectivity index (χ1n) is 11.6. The topological polar surface area (TPSA) is 72.9 Å². The van der Waals surface area contributed by atoms with Gasteiger partial charge in [-0.05, 0) is 53.8 Å². The molecule has 0 radical (unpaired) electrons. The molecule has 0 saturated heterocycles. The second-order valence-corrected chi connectivity index (χ2v) is 10.4. The molecule has 4 rings (SSSR count). The van der Waals surface area contributed by atoms with E-state index in [2.05, 4.69) is 0 Å². The molecule has 6 nitrogen and oxygen atoms in total. The molecule has 0 aliphatic heterocycles. The summed E-state index contributed by atoms with van der Waals surface area (Å²) in [7, 11) is -2.97. The van der Waals surface area contributed by atoms with Crippen LogP contribution >= 0.6 is 0 Å². The predicted octanol–water partition coefficient (Wildman–Crippen LogP) is 5.25. The minimum atomic E-state index is -4.69. The smallest absolute Gasteiger partial charge is 0.383 e. The summed E-state index contributed by atoms with van der Waals surface area (Å²) in [6.07, 6.45) is -3.94. The number of halogens is 3. The van der Waals surface area contributed by atoms with E-state index in [1.54, 1.807) is 24.1 Å². The first-order chi connectivity index (χ1) is 17.6. The summed E-state index contributed by atoms with van der Waals surface area (Å²) < 4.78 is 74.7. The average molecular weight is 534 g/mol. The quantitative estimate of drug-likeness (QED) is 0.333. The van der Waals surface area contributed by atoms with Gasteiger partial charge in [0, 0.05) is 26.1 Å². The lowest BCUT2D eigenvalue weighted by molar-refractivity contribution is -0.137. The maximum atomic E-state index is 13.3. The molecular formula is C27H26F3NO5S. The number of hydrogen-bond donors (Lipinski definition) is 0. The fourth-order valence-electron chi connectivity index (χ4n) is 4.16. The Labute approximate surface area is 213 Å². The molecule has 1 aliphatic carbocycles. The first-order valence-corrected chi connectivity index (χ1v) is 13.0. The molecule has 3 aromatic rings. The number of rotatable bonds is 10. The summed E-state index contributed by atoms with van der Waals surface area (Å²) in [5.74, 6) is -0.0672. The number of methoxy groups -OCH3 is 1. The van der Waals surface area contributed by atoms with E-state index in [1.165, 1.54) is 12.1 Å². The summed E-state index contributed by atoms with van der Waals surface area (Å²) in [5.41, 5.74) is 0.632. The highest BCUT2D eigenvalue weighted by Gasteiger charge is 2.45. The van der Waals surface area contributed by atoms with Crippen molar-refractivity contribution < 1.29 is 35.3 Å². The highest BCUT2D eigenvalue weighted by molar-refractivity contribution is 7.87. The SMILES string of the molecule is COCCN(Cc1cccc(OS(=O)(=O)c2cccc(C(F)(F)F)c2)c1)C(=O)C1CC1c1ccccc1. The average Bonchev–Trinajstić information content (AvgIpc) is 3.67. The minimum absolute atomic E-state index is 0.0196. The van der Waals surface area contributed by atoms with Crippen molar-refractivity contribution in [3.05, 3.63) is 95.6 Å². The predicted molar refractivity (Wildman–Crippen MR) is 130 cm³/mol. The Hall–Kier alpha value is -3.37. The Balaban J connectivity index is 1.48. The molecule has 2 unspecified atom stereocenters. The van der Waals surface area contributed by atoms with Crippen LogP contribution < -0.4 is 4.18 Å². The number of nitrogens with zero attached hydrogens (tertiary/aromatic N) is 1. The van der Waals surface area contributed by atoms with Crippen molar-refractivity contribution in [2.24, 2.45) is 5.92 Å². The third kappa shape index (κ3) is 6.69. The highest BCUT2D eigenvalue weighted by atomic mass is 32.2. The van der Waals surface area contributed by atoms with Crippen LogP contribution in [0.2, 0.25) is 0 Å². The van der Waals surface area contributed by atoms with Gasteiger partial charge in [-0.2, -0.15) is 21.6 Å². The Kier molecular flexibility index (Phi) is 7.89. The molecule has 196 valence electrons. The Morgan fingerprint density at radius 2 is 1.73 bits per heavy atom. The first kappa shape index (κ1) is 26.7. The van der Waals surface area contributed by atoms with Crippen LogP contribution in [0, 0.1) is 5.92 Å². The molecule has 37 heavy (non-hydrogen) atoms. The molecule has 0 N–H and O–H groups in total. The van der Waals surface area contributed by atoms with Crippen molar-refractivity contribution in [3.63, 3.8) is 0 Å². The zero-order valence-electron chi connectivity index (χ0n) is 20.0. The van der Waals surface area contributed by atoms with Crippen LogP contribution in [0.4, 0.5) is 13.2 Å². The number of carbonyl (C=O) groups is 1. The van der Waals surface area contributed by atoms with Gasteiger partial charge in [0.2, 0.25) is 5.91 Å². The molecule has 1 aliphatic rings. The third-order valence-corrected chi connectivity index (χ3v) is 7.38. The van der Waals surface area contributed by atoms with Crippen molar-refractivity contribution in [3.8, 4) is 5.75 Å². The Morgan fingerprint density at radius 3 is 2.43 bits per heavy atom.